The molecule has 0 bridgehead atoms. The van der Waals surface area contributed by atoms with Crippen molar-refractivity contribution in [2.45, 2.75) is 38.9 Å². The van der Waals surface area contributed by atoms with Gasteiger partial charge < -0.3 is 16.0 Å². The minimum atomic E-state index is -4.50. The number of hydrogen-bond donors (Lipinski definition) is 2. The Labute approximate surface area is 167 Å². The van der Waals surface area contributed by atoms with Crippen LogP contribution in [-0.2, 0) is 12.6 Å². The summed E-state index contributed by atoms with van der Waals surface area (Å²) in [4.78, 5) is 18.7. The average molecular weight is 404 g/mol. The molecule has 3 N–H and O–H groups in total. The van der Waals surface area contributed by atoms with Gasteiger partial charge in [0.1, 0.15) is 5.82 Å². The Morgan fingerprint density at radius 3 is 2.76 bits per heavy atom. The van der Waals surface area contributed by atoms with E-state index in [2.05, 4.69) is 10.3 Å². The van der Waals surface area contributed by atoms with E-state index in [1.54, 1.807) is 13.1 Å². The number of carbonyl (C=O) groups excluding carboxylic acids is 1. The molecule has 154 valence electrons. The van der Waals surface area contributed by atoms with Crippen LogP contribution in [0.15, 0.2) is 54.0 Å². The minimum Gasteiger partial charge on any atom is -0.399 e. The van der Waals surface area contributed by atoms with E-state index in [9.17, 15) is 18.0 Å². The number of nitrogens with zero attached hydrogens (tertiary/aromatic N) is 2. The third-order valence-electron chi connectivity index (χ3n) is 5.11. The molecule has 0 fully saturated rings. The van der Waals surface area contributed by atoms with Crippen molar-refractivity contribution in [2.75, 3.05) is 11.9 Å². The summed E-state index contributed by atoms with van der Waals surface area (Å²) in [5.74, 6) is 0.246. The van der Waals surface area contributed by atoms with Gasteiger partial charge in [-0.15, -0.1) is 0 Å². The first kappa shape index (κ1) is 20.7. The number of aryl methyl sites for hydroxylation is 1. The Balaban J connectivity index is 1.82. The number of hydrogen-bond acceptors (Lipinski definition) is 4. The molecule has 5 nitrogen and oxygen atoms in total. The van der Waals surface area contributed by atoms with Gasteiger partial charge in [-0.2, -0.15) is 13.2 Å². The maximum Gasteiger partial charge on any atom is 0.416 e. The largest absolute Gasteiger partial charge is 0.416 e. The fourth-order valence-corrected chi connectivity index (χ4v) is 3.38. The molecule has 0 radical (unpaired) electrons. The zero-order valence-electron chi connectivity index (χ0n) is 16.3. The molecule has 8 heteroatoms. The van der Waals surface area contributed by atoms with Gasteiger partial charge in [-0.25, -0.2) is 4.98 Å². The number of carbonyl (C=O) groups is 1. The Kier molecular flexibility index (Phi) is 5.81. The van der Waals surface area contributed by atoms with Crippen molar-refractivity contribution in [3.8, 4) is 0 Å². The number of alkyl halides is 3. The number of benzene rings is 1. The normalized spacial score (nSPS) is 17.4. The third kappa shape index (κ3) is 4.36. The predicted molar refractivity (Wildman–Crippen MR) is 105 cm³/mol. The lowest BCUT2D eigenvalue weighted by atomic mass is 10.0. The Morgan fingerprint density at radius 1 is 1.31 bits per heavy atom. The smallest absolute Gasteiger partial charge is 0.399 e. The molecule has 1 atom stereocenters. The molecule has 3 rings (SSSR count). The lowest BCUT2D eigenvalue weighted by Crippen LogP contribution is -2.46. The quantitative estimate of drug-likeness (QED) is 0.802. The number of amides is 1. The van der Waals surface area contributed by atoms with Gasteiger partial charge in [-0.1, -0.05) is 19.1 Å². The van der Waals surface area contributed by atoms with Gasteiger partial charge in [0, 0.05) is 30.4 Å². The van der Waals surface area contributed by atoms with Crippen molar-refractivity contribution >= 4 is 11.7 Å². The Hall–Kier alpha value is -3.03. The molecule has 0 aliphatic carbocycles. The molecule has 1 aromatic carbocycles. The monoisotopic (exact) mass is 404 g/mol. The summed E-state index contributed by atoms with van der Waals surface area (Å²) in [7, 11) is 0. The molecular formula is C21H23F3N4O. The first-order valence-electron chi connectivity index (χ1n) is 9.40. The maximum atomic E-state index is 13.0. The number of nitrogens with one attached hydrogen (secondary N) is 1. The van der Waals surface area contributed by atoms with Crippen LogP contribution in [0.5, 0.6) is 0 Å². The van der Waals surface area contributed by atoms with E-state index in [-0.39, 0.29) is 5.56 Å². The van der Waals surface area contributed by atoms with Gasteiger partial charge in [0.25, 0.3) is 5.91 Å². The molecule has 1 aromatic heterocycles. The lowest BCUT2D eigenvalue weighted by Gasteiger charge is -2.36. The van der Waals surface area contributed by atoms with Crippen molar-refractivity contribution in [1.82, 2.24) is 9.88 Å². The molecule has 29 heavy (non-hydrogen) atoms. The molecule has 0 saturated carbocycles. The number of anilines is 1. The van der Waals surface area contributed by atoms with E-state index in [0.29, 0.717) is 18.7 Å². The summed E-state index contributed by atoms with van der Waals surface area (Å²) < 4.78 is 38.9. The van der Waals surface area contributed by atoms with Gasteiger partial charge in [-0.3, -0.25) is 4.79 Å². The van der Waals surface area contributed by atoms with E-state index >= 15 is 0 Å². The molecule has 1 amide bonds. The van der Waals surface area contributed by atoms with Gasteiger partial charge in [-0.05, 0) is 43.2 Å². The van der Waals surface area contributed by atoms with Gasteiger partial charge >= 0.3 is 6.18 Å². The van der Waals surface area contributed by atoms with E-state index in [0.717, 1.165) is 35.6 Å². The Morgan fingerprint density at radius 2 is 2.07 bits per heavy atom. The van der Waals surface area contributed by atoms with Crippen LogP contribution in [0, 0.1) is 0 Å². The number of rotatable bonds is 4. The summed E-state index contributed by atoms with van der Waals surface area (Å²) in [6.07, 6.45) is -1.55. The fraction of sp³-hybridized carbons (Fsp3) is 0.333. The van der Waals surface area contributed by atoms with Crippen LogP contribution in [0.1, 0.15) is 41.8 Å². The highest BCUT2D eigenvalue weighted by atomic mass is 19.4. The second kappa shape index (κ2) is 8.14. The van der Waals surface area contributed by atoms with Gasteiger partial charge in [0.2, 0.25) is 0 Å². The van der Waals surface area contributed by atoms with Crippen LogP contribution in [0.3, 0.4) is 0 Å². The van der Waals surface area contributed by atoms with Crippen molar-refractivity contribution in [2.24, 2.45) is 5.73 Å². The number of aromatic nitrogens is 1. The first-order chi connectivity index (χ1) is 13.7. The molecule has 2 aromatic rings. The highest BCUT2D eigenvalue weighted by Gasteiger charge is 2.33. The molecule has 1 unspecified atom stereocenters. The molecule has 2 heterocycles. The highest BCUT2D eigenvalue weighted by molar-refractivity contribution is 5.95. The summed E-state index contributed by atoms with van der Waals surface area (Å²) in [5, 5.41) is 3.27. The second-order valence-corrected chi connectivity index (χ2v) is 6.93. The number of nitrogens with two attached hydrogens (primary N) is 1. The standard InChI is InChI=1S/C21H23F3N4O/c1-3-14-7-5-10-26-19(14)27-17-9-11-28(13(2)18(17)25)20(29)15-6-4-8-16(12-15)21(22,23)24/h4-8,10,12-13H,3,9,11,25H2,1-2H3,(H,26,27). The molecule has 1 aliphatic rings. The zero-order chi connectivity index (χ0) is 21.2. The van der Waals surface area contributed by atoms with Crippen LogP contribution in [-0.4, -0.2) is 28.4 Å². The third-order valence-corrected chi connectivity index (χ3v) is 5.11. The lowest BCUT2D eigenvalue weighted by molar-refractivity contribution is -0.137. The van der Waals surface area contributed by atoms with Crippen LogP contribution < -0.4 is 11.1 Å². The van der Waals surface area contributed by atoms with Crippen LogP contribution in [0.25, 0.3) is 0 Å². The summed E-state index contributed by atoms with van der Waals surface area (Å²) in [6, 6.07) is 7.84. The number of halogens is 3. The summed E-state index contributed by atoms with van der Waals surface area (Å²) in [5.41, 5.74) is 7.73. The van der Waals surface area contributed by atoms with E-state index in [1.165, 1.54) is 17.0 Å². The van der Waals surface area contributed by atoms with Gasteiger partial charge in [0.15, 0.2) is 0 Å². The summed E-state index contributed by atoms with van der Waals surface area (Å²) >= 11 is 0. The zero-order valence-corrected chi connectivity index (χ0v) is 16.3. The number of pyridine rings is 1. The summed E-state index contributed by atoms with van der Waals surface area (Å²) in [6.45, 7) is 4.13. The highest BCUT2D eigenvalue weighted by Crippen LogP contribution is 2.31. The first-order valence-corrected chi connectivity index (χ1v) is 9.40. The van der Waals surface area contributed by atoms with Crippen molar-refractivity contribution in [1.29, 1.82) is 0 Å². The fourth-order valence-electron chi connectivity index (χ4n) is 3.38. The van der Waals surface area contributed by atoms with E-state index in [4.69, 9.17) is 5.73 Å². The Bertz CT molecular complexity index is 940. The SMILES string of the molecule is CCc1cccnc1NC1=C(N)C(C)N(C(=O)c2cccc(C(F)(F)F)c2)CC1. The minimum absolute atomic E-state index is 0.00567. The molecule has 0 saturated heterocycles. The van der Waals surface area contributed by atoms with Crippen LogP contribution in [0.4, 0.5) is 19.0 Å². The second-order valence-electron chi connectivity index (χ2n) is 6.93. The van der Waals surface area contributed by atoms with E-state index < -0.39 is 23.7 Å². The van der Waals surface area contributed by atoms with Crippen LogP contribution in [0.2, 0.25) is 0 Å². The average Bonchev–Trinajstić information content (AvgIpc) is 2.71. The molecular weight excluding hydrogens is 381 g/mol. The topological polar surface area (TPSA) is 71.2 Å². The van der Waals surface area contributed by atoms with Gasteiger partial charge in [0.05, 0.1) is 17.3 Å². The van der Waals surface area contributed by atoms with Crippen molar-refractivity contribution < 1.29 is 18.0 Å². The van der Waals surface area contributed by atoms with Crippen molar-refractivity contribution in [3.63, 3.8) is 0 Å². The van der Waals surface area contributed by atoms with Crippen LogP contribution >= 0.6 is 0 Å². The van der Waals surface area contributed by atoms with E-state index in [1.807, 2.05) is 19.1 Å². The maximum absolute atomic E-state index is 13.0. The molecule has 1 aliphatic heterocycles. The molecule has 0 spiro atoms. The predicted octanol–water partition coefficient (Wildman–Crippen LogP) is 4.18. The van der Waals surface area contributed by atoms with Crippen molar-refractivity contribution in [3.05, 3.63) is 70.7 Å².